The quantitative estimate of drug-likeness (QED) is 0.550. The molecule has 0 unspecified atom stereocenters. The van der Waals surface area contributed by atoms with Gasteiger partial charge in [0.15, 0.2) is 0 Å². The molecule has 0 aliphatic heterocycles. The Morgan fingerprint density at radius 1 is 1.00 bits per heavy atom. The first-order valence-corrected chi connectivity index (χ1v) is 4.23. The average molecular weight is 186 g/mol. The van der Waals surface area contributed by atoms with Gasteiger partial charge in [-0.25, -0.2) is 10.8 Å². The number of pyridine rings is 2. The van der Waals surface area contributed by atoms with E-state index >= 15 is 0 Å². The Hall–Kier alpha value is -1.94. The van der Waals surface area contributed by atoms with Crippen LogP contribution in [0.15, 0.2) is 42.9 Å². The van der Waals surface area contributed by atoms with Crippen LogP contribution in [0.5, 0.6) is 0 Å². The van der Waals surface area contributed by atoms with E-state index in [1.807, 2.05) is 24.3 Å². The fourth-order valence-corrected chi connectivity index (χ4v) is 1.23. The molecule has 0 saturated carbocycles. The molecule has 0 atom stereocenters. The predicted molar refractivity (Wildman–Crippen MR) is 55.3 cm³/mol. The van der Waals surface area contributed by atoms with Crippen molar-refractivity contribution in [1.82, 2.24) is 9.97 Å². The van der Waals surface area contributed by atoms with Crippen LogP contribution in [-0.2, 0) is 0 Å². The number of nitrogens with zero attached hydrogens (tertiary/aromatic N) is 2. The van der Waals surface area contributed by atoms with Crippen LogP contribution in [0.1, 0.15) is 0 Å². The second-order valence-corrected chi connectivity index (χ2v) is 2.81. The average Bonchev–Trinajstić information content (AvgIpc) is 2.30. The molecular formula is C10H10N4. The summed E-state index contributed by atoms with van der Waals surface area (Å²) in [6.45, 7) is 0. The summed E-state index contributed by atoms with van der Waals surface area (Å²) in [5, 5.41) is 0. The molecule has 2 aromatic rings. The van der Waals surface area contributed by atoms with Crippen LogP contribution >= 0.6 is 0 Å². The summed E-state index contributed by atoms with van der Waals surface area (Å²) < 4.78 is 0. The number of aromatic nitrogens is 2. The molecular weight excluding hydrogens is 176 g/mol. The highest BCUT2D eigenvalue weighted by molar-refractivity contribution is 5.65. The topological polar surface area (TPSA) is 63.8 Å². The van der Waals surface area contributed by atoms with Gasteiger partial charge in [0.1, 0.15) is 5.82 Å². The molecule has 2 aromatic heterocycles. The minimum absolute atomic E-state index is 0.652. The lowest BCUT2D eigenvalue weighted by Crippen LogP contribution is -2.08. The molecule has 0 bridgehead atoms. The van der Waals surface area contributed by atoms with Crippen LogP contribution in [-0.4, -0.2) is 9.97 Å². The maximum absolute atomic E-state index is 5.27. The van der Waals surface area contributed by atoms with Gasteiger partial charge in [-0.05, 0) is 35.4 Å². The molecule has 2 rings (SSSR count). The van der Waals surface area contributed by atoms with Crippen molar-refractivity contribution in [3.05, 3.63) is 42.9 Å². The molecule has 70 valence electrons. The van der Waals surface area contributed by atoms with Crippen LogP contribution in [0.25, 0.3) is 11.1 Å². The van der Waals surface area contributed by atoms with Gasteiger partial charge in [0.25, 0.3) is 0 Å². The van der Waals surface area contributed by atoms with Crippen molar-refractivity contribution in [3.8, 4) is 11.1 Å². The lowest BCUT2D eigenvalue weighted by molar-refractivity contribution is 1.23. The normalized spacial score (nSPS) is 9.79. The fraction of sp³-hybridized carbons (Fsp3) is 0. The molecule has 2 heterocycles. The smallest absolute Gasteiger partial charge is 0.140 e. The lowest BCUT2D eigenvalue weighted by Gasteiger charge is -2.03. The Bertz CT molecular complexity index is 413. The monoisotopic (exact) mass is 186 g/mol. The van der Waals surface area contributed by atoms with Gasteiger partial charge in [-0.1, -0.05) is 0 Å². The molecule has 0 spiro atoms. The van der Waals surface area contributed by atoms with Crippen molar-refractivity contribution in [1.29, 1.82) is 0 Å². The molecule has 4 nitrogen and oxygen atoms in total. The third-order valence-corrected chi connectivity index (χ3v) is 1.92. The minimum atomic E-state index is 0.652. The van der Waals surface area contributed by atoms with Crippen molar-refractivity contribution in [2.24, 2.45) is 5.84 Å². The van der Waals surface area contributed by atoms with Crippen molar-refractivity contribution in [2.75, 3.05) is 5.43 Å². The zero-order valence-corrected chi connectivity index (χ0v) is 7.51. The Morgan fingerprint density at radius 3 is 2.43 bits per heavy atom. The zero-order chi connectivity index (χ0) is 9.80. The van der Waals surface area contributed by atoms with E-state index in [0.29, 0.717) is 5.82 Å². The first kappa shape index (κ1) is 8.65. The van der Waals surface area contributed by atoms with E-state index in [9.17, 15) is 0 Å². The van der Waals surface area contributed by atoms with Gasteiger partial charge in [-0.15, -0.1) is 0 Å². The largest absolute Gasteiger partial charge is 0.308 e. The highest BCUT2D eigenvalue weighted by Gasteiger charge is 1.97. The highest BCUT2D eigenvalue weighted by atomic mass is 15.2. The van der Waals surface area contributed by atoms with Gasteiger partial charge in [0.05, 0.1) is 0 Å². The van der Waals surface area contributed by atoms with Gasteiger partial charge in [0.2, 0.25) is 0 Å². The number of hydrogen-bond donors (Lipinski definition) is 2. The molecule has 0 aliphatic rings. The van der Waals surface area contributed by atoms with E-state index in [0.717, 1.165) is 11.1 Å². The van der Waals surface area contributed by atoms with Crippen LogP contribution in [0.4, 0.5) is 5.82 Å². The molecule has 3 N–H and O–H groups in total. The van der Waals surface area contributed by atoms with E-state index in [1.165, 1.54) is 0 Å². The third-order valence-electron chi connectivity index (χ3n) is 1.92. The third kappa shape index (κ3) is 1.70. The van der Waals surface area contributed by atoms with E-state index in [4.69, 9.17) is 5.84 Å². The maximum atomic E-state index is 5.27. The Labute approximate surface area is 81.8 Å². The summed E-state index contributed by atoms with van der Waals surface area (Å²) >= 11 is 0. The number of nitrogens with two attached hydrogens (primary N) is 1. The number of hydrazine groups is 1. The van der Waals surface area contributed by atoms with E-state index in [1.54, 1.807) is 18.6 Å². The van der Waals surface area contributed by atoms with Crippen molar-refractivity contribution < 1.29 is 0 Å². The minimum Gasteiger partial charge on any atom is -0.308 e. The molecule has 0 aliphatic carbocycles. The number of hydrogen-bond acceptors (Lipinski definition) is 4. The van der Waals surface area contributed by atoms with Gasteiger partial charge < -0.3 is 5.43 Å². The van der Waals surface area contributed by atoms with Gasteiger partial charge >= 0.3 is 0 Å². The number of rotatable bonds is 2. The van der Waals surface area contributed by atoms with Crippen molar-refractivity contribution in [2.45, 2.75) is 0 Å². The molecule has 4 heteroatoms. The molecule has 0 amide bonds. The molecule has 0 aromatic carbocycles. The van der Waals surface area contributed by atoms with Crippen molar-refractivity contribution in [3.63, 3.8) is 0 Å². The summed E-state index contributed by atoms with van der Waals surface area (Å²) in [6, 6.07) is 7.69. The predicted octanol–water partition coefficient (Wildman–Crippen LogP) is 1.43. The Kier molecular flexibility index (Phi) is 2.38. The van der Waals surface area contributed by atoms with Crippen molar-refractivity contribution >= 4 is 5.82 Å². The first-order chi connectivity index (χ1) is 6.90. The fourth-order valence-electron chi connectivity index (χ4n) is 1.23. The summed E-state index contributed by atoms with van der Waals surface area (Å²) in [6.07, 6.45) is 5.22. The summed E-state index contributed by atoms with van der Waals surface area (Å²) in [7, 11) is 0. The molecule has 0 radical (unpaired) electrons. The molecule has 0 fully saturated rings. The first-order valence-electron chi connectivity index (χ1n) is 4.23. The zero-order valence-electron chi connectivity index (χ0n) is 7.51. The van der Waals surface area contributed by atoms with Crippen LogP contribution < -0.4 is 11.3 Å². The number of anilines is 1. The number of nitrogens with one attached hydrogen (secondary N) is 1. The lowest BCUT2D eigenvalue weighted by atomic mass is 10.1. The Morgan fingerprint density at radius 2 is 1.71 bits per heavy atom. The van der Waals surface area contributed by atoms with Gasteiger partial charge in [-0.3, -0.25) is 4.98 Å². The van der Waals surface area contributed by atoms with Crippen LogP contribution in [0.2, 0.25) is 0 Å². The van der Waals surface area contributed by atoms with E-state index in [2.05, 4.69) is 15.4 Å². The van der Waals surface area contributed by atoms with Gasteiger partial charge in [0, 0.05) is 18.6 Å². The maximum Gasteiger partial charge on any atom is 0.140 e. The second-order valence-electron chi connectivity index (χ2n) is 2.81. The van der Waals surface area contributed by atoms with Gasteiger partial charge in [-0.2, -0.15) is 0 Å². The molecule has 14 heavy (non-hydrogen) atoms. The summed E-state index contributed by atoms with van der Waals surface area (Å²) in [5.74, 6) is 5.92. The summed E-state index contributed by atoms with van der Waals surface area (Å²) in [5.41, 5.74) is 4.67. The number of nitrogen functional groups attached to an aromatic ring is 1. The SMILES string of the molecule is NNc1cc(-c2ccncc2)ccn1. The molecule has 0 saturated heterocycles. The summed E-state index contributed by atoms with van der Waals surface area (Å²) in [4.78, 5) is 7.99. The van der Waals surface area contributed by atoms with E-state index in [-0.39, 0.29) is 0 Å². The van der Waals surface area contributed by atoms with Crippen LogP contribution in [0, 0.1) is 0 Å². The highest BCUT2D eigenvalue weighted by Crippen LogP contribution is 2.19. The van der Waals surface area contributed by atoms with E-state index < -0.39 is 0 Å². The van der Waals surface area contributed by atoms with Crippen LogP contribution in [0.3, 0.4) is 0 Å². The second kappa shape index (κ2) is 3.85. The Balaban J connectivity index is 2.42. The standard InChI is InChI=1S/C10H10N4/c11-14-10-7-9(3-6-13-10)8-1-4-12-5-2-8/h1-7H,11H2,(H,13,14).